The summed E-state index contributed by atoms with van der Waals surface area (Å²) in [6.07, 6.45) is 1.72. The van der Waals surface area contributed by atoms with Gasteiger partial charge in [0.2, 0.25) is 15.9 Å². The Morgan fingerprint density at radius 2 is 2.04 bits per heavy atom. The molecule has 146 valence electrons. The maximum Gasteiger partial charge on any atom is 0.246 e. The van der Waals surface area contributed by atoms with Gasteiger partial charge in [0.15, 0.2) is 5.76 Å². The van der Waals surface area contributed by atoms with E-state index in [0.29, 0.717) is 6.54 Å². The summed E-state index contributed by atoms with van der Waals surface area (Å²) in [4.78, 5) is 14.4. The number of amides is 1. The molecule has 1 N–H and O–H groups in total. The Kier molecular flexibility index (Phi) is 5.52. The maximum absolute atomic E-state index is 12.7. The number of nitrogens with zero attached hydrogens (tertiary/aromatic N) is 2. The van der Waals surface area contributed by atoms with Gasteiger partial charge < -0.3 is 14.2 Å². The number of rotatable bonds is 6. The number of aromatic nitrogens is 1. The highest BCUT2D eigenvalue weighted by Gasteiger charge is 2.31. The molecule has 1 atom stereocenters. The van der Waals surface area contributed by atoms with Gasteiger partial charge in [0.25, 0.3) is 0 Å². The second-order valence-corrected chi connectivity index (χ2v) is 8.20. The van der Waals surface area contributed by atoms with Crippen LogP contribution in [0.4, 0.5) is 0 Å². The van der Waals surface area contributed by atoms with E-state index in [0.717, 1.165) is 24.2 Å². The van der Waals surface area contributed by atoms with Crippen molar-refractivity contribution in [1.29, 1.82) is 0 Å². The van der Waals surface area contributed by atoms with Crippen LogP contribution in [0.3, 0.4) is 0 Å². The van der Waals surface area contributed by atoms with Crippen molar-refractivity contribution in [2.24, 2.45) is 0 Å². The predicted octanol–water partition coefficient (Wildman–Crippen LogP) is 1.94. The topological polar surface area (TPSA) is 102 Å². The fraction of sp³-hybridized carbons (Fsp3) is 0.444. The summed E-state index contributed by atoms with van der Waals surface area (Å²) in [6, 6.07) is 7.52. The Hall–Kier alpha value is -2.39. The lowest BCUT2D eigenvalue weighted by Crippen LogP contribution is -2.40. The van der Waals surface area contributed by atoms with Crippen molar-refractivity contribution in [3.8, 4) is 5.75 Å². The Morgan fingerprint density at radius 1 is 1.33 bits per heavy atom. The average Bonchev–Trinajstić information content (AvgIpc) is 3.27. The van der Waals surface area contributed by atoms with Gasteiger partial charge in [0.05, 0.1) is 19.7 Å². The van der Waals surface area contributed by atoms with Crippen LogP contribution in [0.25, 0.3) is 0 Å². The predicted molar refractivity (Wildman–Crippen MR) is 97.8 cm³/mol. The zero-order valence-electron chi connectivity index (χ0n) is 15.6. The molecule has 0 bridgehead atoms. The number of aryl methyl sites for hydroxylation is 2. The molecule has 0 unspecified atom stereocenters. The number of nitrogens with one attached hydrogen (secondary N) is 1. The molecule has 0 aliphatic carbocycles. The Balaban J connectivity index is 1.69. The fourth-order valence-corrected chi connectivity index (χ4v) is 4.73. The van der Waals surface area contributed by atoms with Crippen LogP contribution in [-0.4, -0.2) is 44.6 Å². The van der Waals surface area contributed by atoms with Crippen LogP contribution in [-0.2, 0) is 14.8 Å². The van der Waals surface area contributed by atoms with Gasteiger partial charge in [-0.25, -0.2) is 13.1 Å². The number of hydrogen-bond donors (Lipinski definition) is 1. The van der Waals surface area contributed by atoms with Crippen LogP contribution in [0.2, 0.25) is 0 Å². The van der Waals surface area contributed by atoms with Crippen LogP contribution in [0.15, 0.2) is 33.7 Å². The Bertz CT molecular complexity index is 901. The van der Waals surface area contributed by atoms with Crippen molar-refractivity contribution in [3.63, 3.8) is 0 Å². The number of methoxy groups -OCH3 is 1. The number of sulfonamides is 1. The van der Waals surface area contributed by atoms with E-state index in [1.165, 1.54) is 6.92 Å². The van der Waals surface area contributed by atoms with Crippen LogP contribution in [0.5, 0.6) is 5.75 Å². The standard InChI is InChI=1S/C18H23N3O5S/c1-12-18(13(2)26-20-12)27(23,24)19-11-17(22)21-10-4-5-16(21)14-6-8-15(25-3)9-7-14/h6-9,16,19H,4-5,10-11H2,1-3H3/t16-/m1/s1. The van der Waals surface area contributed by atoms with E-state index in [9.17, 15) is 13.2 Å². The number of ether oxygens (including phenoxy) is 1. The minimum Gasteiger partial charge on any atom is -0.497 e. The summed E-state index contributed by atoms with van der Waals surface area (Å²) in [5, 5.41) is 3.65. The SMILES string of the molecule is COc1ccc([C@H]2CCCN2C(=O)CNS(=O)(=O)c2c(C)noc2C)cc1. The van der Waals surface area contributed by atoms with E-state index < -0.39 is 10.0 Å². The van der Waals surface area contributed by atoms with E-state index in [1.54, 1.807) is 18.9 Å². The normalized spacial score (nSPS) is 17.3. The number of carbonyl (C=O) groups excluding carboxylic acids is 1. The van der Waals surface area contributed by atoms with Gasteiger partial charge in [-0.3, -0.25) is 4.79 Å². The van der Waals surface area contributed by atoms with Crippen molar-refractivity contribution in [2.75, 3.05) is 20.2 Å². The zero-order chi connectivity index (χ0) is 19.6. The number of benzene rings is 1. The molecular formula is C18H23N3O5S. The van der Waals surface area contributed by atoms with Crippen molar-refractivity contribution >= 4 is 15.9 Å². The number of hydrogen-bond acceptors (Lipinski definition) is 6. The largest absolute Gasteiger partial charge is 0.497 e. The first-order chi connectivity index (χ1) is 12.8. The molecule has 0 spiro atoms. The number of carbonyl (C=O) groups is 1. The zero-order valence-corrected chi connectivity index (χ0v) is 16.4. The molecule has 1 aromatic carbocycles. The molecule has 9 heteroatoms. The molecule has 1 amide bonds. The average molecular weight is 393 g/mol. The third-order valence-corrected chi connectivity index (χ3v) is 6.37. The van der Waals surface area contributed by atoms with Crippen LogP contribution in [0, 0.1) is 13.8 Å². The summed E-state index contributed by atoms with van der Waals surface area (Å²) in [5.74, 6) is 0.690. The lowest BCUT2D eigenvalue weighted by atomic mass is 10.0. The van der Waals surface area contributed by atoms with Crippen molar-refractivity contribution in [3.05, 3.63) is 41.3 Å². The lowest BCUT2D eigenvalue weighted by Gasteiger charge is -2.25. The second kappa shape index (κ2) is 7.69. The van der Waals surface area contributed by atoms with Crippen molar-refractivity contribution < 1.29 is 22.5 Å². The molecule has 27 heavy (non-hydrogen) atoms. The molecule has 8 nitrogen and oxygen atoms in total. The van der Waals surface area contributed by atoms with Gasteiger partial charge in [-0.2, -0.15) is 0 Å². The highest BCUT2D eigenvalue weighted by Crippen LogP contribution is 2.32. The minimum absolute atomic E-state index is 0.0107. The lowest BCUT2D eigenvalue weighted by molar-refractivity contribution is -0.130. The molecule has 0 saturated carbocycles. The molecule has 1 aromatic heterocycles. The molecule has 3 rings (SSSR count). The summed E-state index contributed by atoms with van der Waals surface area (Å²) < 4.78 is 37.4. The van der Waals surface area contributed by atoms with E-state index in [-0.39, 0.29) is 34.8 Å². The van der Waals surface area contributed by atoms with Crippen molar-refractivity contribution in [2.45, 2.75) is 37.6 Å². The summed E-state index contributed by atoms with van der Waals surface area (Å²) in [5.41, 5.74) is 1.28. The van der Waals surface area contributed by atoms with Crippen LogP contribution >= 0.6 is 0 Å². The van der Waals surface area contributed by atoms with Gasteiger partial charge in [-0.05, 0) is 44.4 Å². The van der Waals surface area contributed by atoms with Gasteiger partial charge in [-0.15, -0.1) is 0 Å². The first kappa shape index (κ1) is 19.4. The van der Waals surface area contributed by atoms with Gasteiger partial charge >= 0.3 is 0 Å². The quantitative estimate of drug-likeness (QED) is 0.805. The first-order valence-corrected chi connectivity index (χ1v) is 10.2. The third kappa shape index (κ3) is 3.98. The van der Waals surface area contributed by atoms with Crippen LogP contribution in [0.1, 0.15) is 35.9 Å². The van der Waals surface area contributed by atoms with E-state index in [2.05, 4.69) is 9.88 Å². The molecule has 1 aliphatic rings. The molecular weight excluding hydrogens is 370 g/mol. The third-order valence-electron chi connectivity index (χ3n) is 4.72. The monoisotopic (exact) mass is 393 g/mol. The Morgan fingerprint density at radius 3 is 2.63 bits per heavy atom. The Labute approximate surface area is 158 Å². The number of likely N-dealkylation sites (tertiary alicyclic amines) is 1. The summed E-state index contributed by atoms with van der Waals surface area (Å²) in [7, 11) is -2.26. The minimum atomic E-state index is -3.86. The first-order valence-electron chi connectivity index (χ1n) is 8.69. The van der Waals surface area contributed by atoms with E-state index in [1.807, 2.05) is 24.3 Å². The summed E-state index contributed by atoms with van der Waals surface area (Å²) in [6.45, 7) is 3.37. The highest BCUT2D eigenvalue weighted by molar-refractivity contribution is 7.89. The second-order valence-electron chi connectivity index (χ2n) is 6.50. The molecule has 0 radical (unpaired) electrons. The summed E-state index contributed by atoms with van der Waals surface area (Å²) >= 11 is 0. The van der Waals surface area contributed by atoms with Gasteiger partial charge in [0.1, 0.15) is 16.3 Å². The molecule has 1 aliphatic heterocycles. The smallest absolute Gasteiger partial charge is 0.246 e. The molecule has 1 saturated heterocycles. The van der Waals surface area contributed by atoms with E-state index in [4.69, 9.17) is 9.26 Å². The highest BCUT2D eigenvalue weighted by atomic mass is 32.2. The molecule has 1 fully saturated rings. The fourth-order valence-electron chi connectivity index (χ4n) is 3.43. The van der Waals surface area contributed by atoms with Gasteiger partial charge in [-0.1, -0.05) is 17.3 Å². The molecule has 2 aromatic rings. The van der Waals surface area contributed by atoms with E-state index >= 15 is 0 Å². The van der Waals surface area contributed by atoms with Crippen LogP contribution < -0.4 is 9.46 Å². The van der Waals surface area contributed by atoms with Crippen molar-refractivity contribution in [1.82, 2.24) is 14.8 Å². The molecule has 2 heterocycles. The van der Waals surface area contributed by atoms with Gasteiger partial charge in [0, 0.05) is 6.54 Å². The maximum atomic E-state index is 12.7.